The molecule has 156 valence electrons. The molecule has 3 rings (SSSR count). The van der Waals surface area contributed by atoms with Gasteiger partial charge in [-0.05, 0) is 43.2 Å². The van der Waals surface area contributed by atoms with E-state index in [9.17, 15) is 9.18 Å². The maximum Gasteiger partial charge on any atom is 0.310 e. The van der Waals surface area contributed by atoms with Gasteiger partial charge in [-0.1, -0.05) is 6.92 Å². The number of benzene rings is 1. The molecule has 1 aliphatic rings. The molecule has 1 N–H and O–H groups in total. The molecule has 1 aromatic carbocycles. The molecule has 1 fully saturated rings. The molecule has 2 atom stereocenters. The molecule has 0 radical (unpaired) electrons. The topological polar surface area (TPSA) is 71.8 Å². The number of aliphatic imine (C=N–C) groups is 1. The summed E-state index contributed by atoms with van der Waals surface area (Å²) in [6.07, 6.45) is 2.55. The van der Waals surface area contributed by atoms with Crippen molar-refractivity contribution < 1.29 is 13.9 Å². The summed E-state index contributed by atoms with van der Waals surface area (Å²) in [5, 5.41) is 7.85. The quantitative estimate of drug-likeness (QED) is 0.457. The van der Waals surface area contributed by atoms with E-state index in [1.54, 1.807) is 16.8 Å². The van der Waals surface area contributed by atoms with Crippen molar-refractivity contribution in [3.05, 3.63) is 48.0 Å². The molecular formula is C21H28FN5O2. The lowest BCUT2D eigenvalue weighted by Gasteiger charge is -2.21. The summed E-state index contributed by atoms with van der Waals surface area (Å²) < 4.78 is 19.7. The highest BCUT2D eigenvalue weighted by Crippen LogP contribution is 2.24. The number of hydrogen-bond donors (Lipinski definition) is 1. The number of esters is 1. The molecule has 2 aromatic rings. The summed E-state index contributed by atoms with van der Waals surface area (Å²) in [6.45, 7) is 6.80. The van der Waals surface area contributed by atoms with Crippen LogP contribution in [0.2, 0.25) is 0 Å². The lowest BCUT2D eigenvalue weighted by molar-refractivity contribution is -0.145. The zero-order valence-electron chi connectivity index (χ0n) is 17.1. The monoisotopic (exact) mass is 401 g/mol. The van der Waals surface area contributed by atoms with E-state index in [0.29, 0.717) is 19.5 Å². The Hall–Kier alpha value is -2.90. The summed E-state index contributed by atoms with van der Waals surface area (Å²) >= 11 is 0. The van der Waals surface area contributed by atoms with Crippen LogP contribution >= 0.6 is 0 Å². The van der Waals surface area contributed by atoms with E-state index < -0.39 is 0 Å². The third-order valence-electron chi connectivity index (χ3n) is 5.12. The van der Waals surface area contributed by atoms with Crippen LogP contribution in [0, 0.1) is 17.7 Å². The van der Waals surface area contributed by atoms with E-state index in [1.165, 1.54) is 19.2 Å². The lowest BCUT2D eigenvalue weighted by atomic mass is 9.99. The summed E-state index contributed by atoms with van der Waals surface area (Å²) in [5.41, 5.74) is 1.73. The molecule has 8 heteroatoms. The van der Waals surface area contributed by atoms with Crippen molar-refractivity contribution in [2.75, 3.05) is 33.3 Å². The number of ether oxygens (including phenoxy) is 1. The second-order valence-electron chi connectivity index (χ2n) is 7.23. The molecule has 7 nitrogen and oxygen atoms in total. The molecule has 0 aliphatic carbocycles. The Morgan fingerprint density at radius 1 is 1.31 bits per heavy atom. The van der Waals surface area contributed by atoms with Gasteiger partial charge < -0.3 is 15.0 Å². The Balaban J connectivity index is 1.61. The van der Waals surface area contributed by atoms with E-state index >= 15 is 0 Å². The van der Waals surface area contributed by atoms with Crippen LogP contribution in [0.15, 0.2) is 41.5 Å². The Morgan fingerprint density at radius 3 is 2.76 bits per heavy atom. The number of halogens is 1. The molecule has 0 spiro atoms. The Morgan fingerprint density at radius 2 is 2.07 bits per heavy atom. The first-order chi connectivity index (χ1) is 14.0. The van der Waals surface area contributed by atoms with Gasteiger partial charge in [-0.25, -0.2) is 9.07 Å². The van der Waals surface area contributed by atoms with Crippen LogP contribution in [0.25, 0.3) is 5.69 Å². The Kier molecular flexibility index (Phi) is 6.85. The SMILES string of the molecule is CCNC(=NCCc1ccn(-c2ccc(F)cc2)n1)N1CC(C)C(C(=O)OC)C1. The maximum absolute atomic E-state index is 13.1. The van der Waals surface area contributed by atoms with Crippen molar-refractivity contribution in [3.8, 4) is 5.69 Å². The lowest BCUT2D eigenvalue weighted by Crippen LogP contribution is -2.40. The predicted octanol–water partition coefficient (Wildman–Crippen LogP) is 2.26. The first kappa shape index (κ1) is 20.8. The van der Waals surface area contributed by atoms with Crippen LogP contribution in [0.5, 0.6) is 0 Å². The van der Waals surface area contributed by atoms with Crippen LogP contribution in [-0.4, -0.2) is 59.9 Å². The number of rotatable bonds is 6. The minimum atomic E-state index is -0.267. The Labute approximate surface area is 170 Å². The molecule has 29 heavy (non-hydrogen) atoms. The minimum absolute atomic E-state index is 0.129. The summed E-state index contributed by atoms with van der Waals surface area (Å²) in [5.74, 6) is 0.468. The molecular weight excluding hydrogens is 373 g/mol. The fraction of sp³-hybridized carbons (Fsp3) is 0.476. The maximum atomic E-state index is 13.1. The van der Waals surface area contributed by atoms with Crippen molar-refractivity contribution in [3.63, 3.8) is 0 Å². The number of hydrogen-bond acceptors (Lipinski definition) is 4. The van der Waals surface area contributed by atoms with Crippen molar-refractivity contribution >= 4 is 11.9 Å². The van der Waals surface area contributed by atoms with Gasteiger partial charge in [0.15, 0.2) is 5.96 Å². The number of carbonyl (C=O) groups is 1. The summed E-state index contributed by atoms with van der Waals surface area (Å²) in [6, 6.07) is 8.17. The average molecular weight is 401 g/mol. The third kappa shape index (κ3) is 5.13. The van der Waals surface area contributed by atoms with E-state index in [0.717, 1.165) is 30.4 Å². The van der Waals surface area contributed by atoms with E-state index in [-0.39, 0.29) is 23.6 Å². The molecule has 0 saturated carbocycles. The third-order valence-corrected chi connectivity index (χ3v) is 5.12. The number of guanidine groups is 1. The number of aromatic nitrogens is 2. The molecule has 0 bridgehead atoms. The van der Waals surface area contributed by atoms with E-state index in [1.807, 2.05) is 19.2 Å². The second kappa shape index (κ2) is 9.54. The molecule has 2 unspecified atom stereocenters. The van der Waals surface area contributed by atoms with E-state index in [2.05, 4.69) is 22.2 Å². The molecule has 0 amide bonds. The molecule has 2 heterocycles. The van der Waals surface area contributed by atoms with Gasteiger partial charge in [0.25, 0.3) is 0 Å². The predicted molar refractivity (Wildman–Crippen MR) is 109 cm³/mol. The van der Waals surface area contributed by atoms with Crippen LogP contribution in [-0.2, 0) is 16.0 Å². The van der Waals surface area contributed by atoms with Crippen molar-refractivity contribution in [2.24, 2.45) is 16.8 Å². The van der Waals surface area contributed by atoms with Gasteiger partial charge in [0, 0.05) is 38.8 Å². The number of methoxy groups -OCH3 is 1. The van der Waals surface area contributed by atoms with Crippen LogP contribution in [0.3, 0.4) is 0 Å². The zero-order chi connectivity index (χ0) is 20.8. The van der Waals surface area contributed by atoms with Gasteiger partial charge >= 0.3 is 5.97 Å². The van der Waals surface area contributed by atoms with Gasteiger partial charge in [0.1, 0.15) is 5.82 Å². The second-order valence-corrected chi connectivity index (χ2v) is 7.23. The highest BCUT2D eigenvalue weighted by atomic mass is 19.1. The summed E-state index contributed by atoms with van der Waals surface area (Å²) in [7, 11) is 1.43. The summed E-state index contributed by atoms with van der Waals surface area (Å²) in [4.78, 5) is 18.8. The standard InChI is InChI=1S/C21H28FN5O2/c1-4-23-21(26-13-15(2)19(14-26)20(28)29-3)24-11-9-17-10-12-27(25-17)18-7-5-16(22)6-8-18/h5-8,10,12,15,19H,4,9,11,13-14H2,1-3H3,(H,23,24). The smallest absolute Gasteiger partial charge is 0.310 e. The van der Waals surface area contributed by atoms with Gasteiger partial charge in [-0.3, -0.25) is 9.79 Å². The molecule has 1 aliphatic heterocycles. The number of likely N-dealkylation sites (tertiary alicyclic amines) is 1. The van der Waals surface area contributed by atoms with E-state index in [4.69, 9.17) is 9.73 Å². The number of carbonyl (C=O) groups excluding carboxylic acids is 1. The molecule has 1 saturated heterocycles. The van der Waals surface area contributed by atoms with Crippen molar-refractivity contribution in [1.82, 2.24) is 20.0 Å². The van der Waals surface area contributed by atoms with Crippen LogP contribution in [0.1, 0.15) is 19.5 Å². The highest BCUT2D eigenvalue weighted by molar-refractivity contribution is 5.82. The van der Waals surface area contributed by atoms with Crippen LogP contribution < -0.4 is 5.32 Å². The van der Waals surface area contributed by atoms with Crippen molar-refractivity contribution in [2.45, 2.75) is 20.3 Å². The van der Waals surface area contributed by atoms with Gasteiger partial charge in [-0.15, -0.1) is 0 Å². The fourth-order valence-electron chi connectivity index (χ4n) is 3.53. The largest absolute Gasteiger partial charge is 0.469 e. The average Bonchev–Trinajstić information content (AvgIpc) is 3.34. The molecule has 1 aromatic heterocycles. The Bertz CT molecular complexity index is 849. The minimum Gasteiger partial charge on any atom is -0.469 e. The van der Waals surface area contributed by atoms with Gasteiger partial charge in [0.2, 0.25) is 0 Å². The zero-order valence-corrected chi connectivity index (χ0v) is 17.1. The fourth-order valence-corrected chi connectivity index (χ4v) is 3.53. The normalized spacial score (nSPS) is 19.4. The van der Waals surface area contributed by atoms with Crippen molar-refractivity contribution in [1.29, 1.82) is 0 Å². The first-order valence-electron chi connectivity index (χ1n) is 9.93. The highest BCUT2D eigenvalue weighted by Gasteiger charge is 2.36. The number of nitrogens with zero attached hydrogens (tertiary/aromatic N) is 4. The van der Waals surface area contributed by atoms with Gasteiger partial charge in [0.05, 0.1) is 24.4 Å². The number of nitrogens with one attached hydrogen (secondary N) is 1. The first-order valence-corrected chi connectivity index (χ1v) is 9.93. The van der Waals surface area contributed by atoms with Gasteiger partial charge in [-0.2, -0.15) is 5.10 Å². The van der Waals surface area contributed by atoms with Crippen LogP contribution in [0.4, 0.5) is 4.39 Å².